The van der Waals surface area contributed by atoms with Crippen molar-refractivity contribution in [1.29, 1.82) is 0 Å². The molecule has 15 heavy (non-hydrogen) atoms. The molecule has 0 aliphatic rings. The van der Waals surface area contributed by atoms with E-state index in [9.17, 15) is 4.79 Å². The molecule has 0 aromatic rings. The second-order valence-corrected chi connectivity index (χ2v) is 10.6. The van der Waals surface area contributed by atoms with E-state index in [1.807, 2.05) is 0 Å². The first-order chi connectivity index (χ1) is 6.81. The molecule has 0 aliphatic carbocycles. The fourth-order valence-electron chi connectivity index (χ4n) is 0.867. The highest BCUT2D eigenvalue weighted by atomic mass is 28.3. The highest BCUT2D eigenvalue weighted by Gasteiger charge is 2.12. The maximum Gasteiger partial charge on any atom is 0.330 e. The van der Waals surface area contributed by atoms with Gasteiger partial charge in [-0.3, -0.25) is 0 Å². The maximum atomic E-state index is 11.1. The standard InChI is InChI=1S/C11H22O3Si/c1-10(12)6-5-7-11(13)14-8-9-15(2,3)4/h5,7,10,12H,6,8-9H2,1-4H3/b7-5+. The van der Waals surface area contributed by atoms with Crippen LogP contribution in [0.15, 0.2) is 12.2 Å². The number of aliphatic hydroxyl groups excluding tert-OH is 1. The Bertz CT molecular complexity index is 216. The van der Waals surface area contributed by atoms with Gasteiger partial charge in [0.25, 0.3) is 0 Å². The van der Waals surface area contributed by atoms with Gasteiger partial charge >= 0.3 is 5.97 Å². The quantitative estimate of drug-likeness (QED) is 0.432. The molecule has 0 fully saturated rings. The molecule has 1 unspecified atom stereocenters. The average molecular weight is 230 g/mol. The van der Waals surface area contributed by atoms with Crippen molar-refractivity contribution in [2.45, 2.75) is 45.1 Å². The Morgan fingerprint density at radius 3 is 2.53 bits per heavy atom. The predicted molar refractivity (Wildman–Crippen MR) is 64.5 cm³/mol. The SMILES string of the molecule is CC(O)C/C=C/C(=O)OCC[Si](C)(C)C. The number of ether oxygens (including phenoxy) is 1. The first-order valence-electron chi connectivity index (χ1n) is 5.32. The third kappa shape index (κ3) is 11.3. The van der Waals surface area contributed by atoms with Crippen molar-refractivity contribution in [1.82, 2.24) is 0 Å². The van der Waals surface area contributed by atoms with Gasteiger partial charge in [0.2, 0.25) is 0 Å². The minimum Gasteiger partial charge on any atom is -0.463 e. The van der Waals surface area contributed by atoms with Crippen LogP contribution in [0.3, 0.4) is 0 Å². The third-order valence-corrected chi connectivity index (χ3v) is 3.53. The molecule has 0 saturated carbocycles. The fourth-order valence-corrected chi connectivity index (χ4v) is 1.58. The van der Waals surface area contributed by atoms with Gasteiger partial charge in [-0.25, -0.2) is 4.79 Å². The largest absolute Gasteiger partial charge is 0.463 e. The Morgan fingerprint density at radius 1 is 1.47 bits per heavy atom. The van der Waals surface area contributed by atoms with Gasteiger partial charge in [-0.2, -0.15) is 0 Å². The van der Waals surface area contributed by atoms with E-state index >= 15 is 0 Å². The van der Waals surface area contributed by atoms with Gasteiger partial charge in [-0.15, -0.1) is 0 Å². The molecule has 0 aromatic heterocycles. The normalized spacial score (nSPS) is 14.2. The Kier molecular flexibility index (Phi) is 6.52. The van der Waals surface area contributed by atoms with Gasteiger partial charge in [0.05, 0.1) is 12.7 Å². The van der Waals surface area contributed by atoms with Crippen molar-refractivity contribution in [2.75, 3.05) is 6.61 Å². The molecule has 0 rings (SSSR count). The Hall–Kier alpha value is -0.613. The van der Waals surface area contributed by atoms with Gasteiger partial charge in [0, 0.05) is 14.1 Å². The summed E-state index contributed by atoms with van der Waals surface area (Å²) in [6.45, 7) is 8.91. The Balaban J connectivity index is 3.62. The van der Waals surface area contributed by atoms with Crippen LogP contribution < -0.4 is 0 Å². The first kappa shape index (κ1) is 14.4. The predicted octanol–water partition coefficient (Wildman–Crippen LogP) is 2.19. The van der Waals surface area contributed by atoms with Crippen molar-refractivity contribution in [2.24, 2.45) is 0 Å². The Labute approximate surface area is 93.1 Å². The molecule has 3 nitrogen and oxygen atoms in total. The highest BCUT2D eigenvalue weighted by Crippen LogP contribution is 2.07. The van der Waals surface area contributed by atoms with Crippen molar-refractivity contribution in [3.8, 4) is 0 Å². The summed E-state index contributed by atoms with van der Waals surface area (Å²) in [5.74, 6) is -0.311. The molecule has 0 spiro atoms. The maximum absolute atomic E-state index is 11.1. The van der Waals surface area contributed by atoms with Gasteiger partial charge < -0.3 is 9.84 Å². The minimum absolute atomic E-state index is 0.311. The zero-order chi connectivity index (χ0) is 11.9. The third-order valence-electron chi connectivity index (χ3n) is 1.83. The molecule has 1 atom stereocenters. The molecular formula is C11H22O3Si. The van der Waals surface area contributed by atoms with Crippen molar-refractivity contribution in [3.63, 3.8) is 0 Å². The number of carbonyl (C=O) groups excluding carboxylic acids is 1. The second-order valence-electron chi connectivity index (χ2n) is 4.97. The van der Waals surface area contributed by atoms with Crippen LogP contribution in [-0.2, 0) is 9.53 Å². The van der Waals surface area contributed by atoms with Crippen LogP contribution in [-0.4, -0.2) is 31.9 Å². The molecular weight excluding hydrogens is 208 g/mol. The van der Waals surface area contributed by atoms with Gasteiger partial charge in [-0.1, -0.05) is 25.7 Å². The fraction of sp³-hybridized carbons (Fsp3) is 0.727. The van der Waals surface area contributed by atoms with E-state index in [2.05, 4.69) is 19.6 Å². The lowest BCUT2D eigenvalue weighted by Gasteiger charge is -2.14. The number of hydrogen-bond acceptors (Lipinski definition) is 3. The topological polar surface area (TPSA) is 46.5 Å². The zero-order valence-corrected chi connectivity index (χ0v) is 11.1. The smallest absolute Gasteiger partial charge is 0.330 e. The average Bonchev–Trinajstić information content (AvgIpc) is 2.00. The molecule has 0 aromatic carbocycles. The van der Waals surface area contributed by atoms with Crippen LogP contribution in [0, 0.1) is 0 Å². The first-order valence-corrected chi connectivity index (χ1v) is 9.03. The summed E-state index contributed by atoms with van der Waals surface area (Å²) in [6, 6.07) is 0.989. The monoisotopic (exact) mass is 230 g/mol. The second kappa shape index (κ2) is 6.79. The summed E-state index contributed by atoms with van der Waals surface area (Å²) in [7, 11) is -1.11. The van der Waals surface area contributed by atoms with Gasteiger partial charge in [0.1, 0.15) is 0 Å². The summed E-state index contributed by atoms with van der Waals surface area (Å²) >= 11 is 0. The van der Waals surface area contributed by atoms with Gasteiger partial charge in [0.15, 0.2) is 0 Å². The van der Waals surface area contributed by atoms with Crippen LogP contribution in [0.5, 0.6) is 0 Å². The molecule has 88 valence electrons. The molecule has 0 bridgehead atoms. The zero-order valence-electron chi connectivity index (χ0n) is 10.1. The van der Waals surface area contributed by atoms with Gasteiger partial charge in [-0.05, 0) is 19.4 Å². The van der Waals surface area contributed by atoms with E-state index in [0.29, 0.717) is 13.0 Å². The van der Waals surface area contributed by atoms with Crippen molar-refractivity contribution in [3.05, 3.63) is 12.2 Å². The van der Waals surface area contributed by atoms with Crippen LogP contribution >= 0.6 is 0 Å². The van der Waals surface area contributed by atoms with E-state index in [0.717, 1.165) is 6.04 Å². The molecule has 4 heteroatoms. The van der Waals surface area contributed by atoms with Crippen molar-refractivity contribution < 1.29 is 14.6 Å². The summed E-state index contributed by atoms with van der Waals surface area (Å²) in [4.78, 5) is 11.1. The lowest BCUT2D eigenvalue weighted by Crippen LogP contribution is -2.22. The van der Waals surface area contributed by atoms with Crippen LogP contribution in [0.1, 0.15) is 13.3 Å². The summed E-state index contributed by atoms with van der Waals surface area (Å²) in [6.07, 6.45) is 3.11. The molecule has 0 saturated heterocycles. The summed E-state index contributed by atoms with van der Waals surface area (Å²) < 4.78 is 5.03. The molecule has 1 N–H and O–H groups in total. The lowest BCUT2D eigenvalue weighted by molar-refractivity contribution is -0.137. The lowest BCUT2D eigenvalue weighted by atomic mass is 10.3. The van der Waals surface area contributed by atoms with E-state index in [4.69, 9.17) is 9.84 Å². The van der Waals surface area contributed by atoms with Crippen molar-refractivity contribution >= 4 is 14.0 Å². The van der Waals surface area contributed by atoms with E-state index in [1.54, 1.807) is 13.0 Å². The number of rotatable bonds is 6. The van der Waals surface area contributed by atoms with Crippen LogP contribution in [0.2, 0.25) is 25.7 Å². The summed E-state index contributed by atoms with van der Waals surface area (Å²) in [5, 5.41) is 8.95. The van der Waals surface area contributed by atoms with Crippen LogP contribution in [0.4, 0.5) is 0 Å². The molecule has 0 heterocycles. The molecule has 0 radical (unpaired) electrons. The van der Waals surface area contributed by atoms with E-state index in [-0.39, 0.29) is 5.97 Å². The highest BCUT2D eigenvalue weighted by molar-refractivity contribution is 6.76. The Morgan fingerprint density at radius 2 is 2.07 bits per heavy atom. The molecule has 0 aliphatic heterocycles. The van der Waals surface area contributed by atoms with E-state index < -0.39 is 14.2 Å². The van der Waals surface area contributed by atoms with Crippen LogP contribution in [0.25, 0.3) is 0 Å². The molecule has 0 amide bonds. The van der Waals surface area contributed by atoms with E-state index in [1.165, 1.54) is 6.08 Å². The number of carbonyl (C=O) groups is 1. The summed E-state index contributed by atoms with van der Waals surface area (Å²) in [5.41, 5.74) is 0. The number of hydrogen-bond donors (Lipinski definition) is 1. The minimum atomic E-state index is -1.11. The number of esters is 1. The number of aliphatic hydroxyl groups is 1.